The first-order valence-corrected chi connectivity index (χ1v) is 13.1. The number of carbonyl (C=O) groups is 4. The molecular formula is C26H44N6O6. The van der Waals surface area contributed by atoms with Gasteiger partial charge in [0.1, 0.15) is 12.1 Å². The molecule has 8 N–H and O–H groups in total. The molecule has 0 aliphatic carbocycles. The van der Waals surface area contributed by atoms with Gasteiger partial charge in [0.25, 0.3) is 0 Å². The van der Waals surface area contributed by atoms with Crippen molar-refractivity contribution in [3.05, 3.63) is 35.9 Å². The lowest BCUT2D eigenvalue weighted by atomic mass is 10.0. The average molecular weight is 537 g/mol. The van der Waals surface area contributed by atoms with Crippen LogP contribution in [0.15, 0.2) is 30.3 Å². The zero-order valence-corrected chi connectivity index (χ0v) is 22.8. The summed E-state index contributed by atoms with van der Waals surface area (Å²) < 4.78 is 0. The smallest absolute Gasteiger partial charge is 0.244 e. The monoisotopic (exact) mass is 536 g/mol. The normalized spacial score (nSPS) is 15.1. The fourth-order valence-electron chi connectivity index (χ4n) is 3.68. The molecule has 0 radical (unpaired) electrons. The number of hydrogen-bond donors (Lipinski definition) is 6. The summed E-state index contributed by atoms with van der Waals surface area (Å²) >= 11 is 0. The van der Waals surface area contributed by atoms with Crippen LogP contribution in [-0.4, -0.2) is 60.9 Å². The Kier molecular flexibility index (Phi) is 16.0. The van der Waals surface area contributed by atoms with Gasteiger partial charge in [0.05, 0.1) is 31.3 Å². The Balaban J connectivity index is 2.61. The van der Waals surface area contributed by atoms with E-state index in [2.05, 4.69) is 28.5 Å². The molecular weight excluding hydrogens is 492 g/mol. The van der Waals surface area contributed by atoms with Crippen LogP contribution in [0.4, 0.5) is 0 Å². The molecule has 4 unspecified atom stereocenters. The van der Waals surface area contributed by atoms with Gasteiger partial charge >= 0.3 is 0 Å². The molecule has 5 atom stereocenters. The summed E-state index contributed by atoms with van der Waals surface area (Å²) in [5.74, 6) is -1.78. The number of rotatable bonds is 20. The van der Waals surface area contributed by atoms with Gasteiger partial charge in [-0.25, -0.2) is 0 Å². The number of benzene rings is 1. The van der Waals surface area contributed by atoms with Crippen LogP contribution in [0.3, 0.4) is 0 Å². The van der Waals surface area contributed by atoms with E-state index in [-0.39, 0.29) is 30.8 Å². The number of amides is 3. The van der Waals surface area contributed by atoms with E-state index in [1.54, 1.807) is 37.3 Å². The minimum Gasteiger partial charge on any atom is -0.368 e. The van der Waals surface area contributed by atoms with Gasteiger partial charge in [0.15, 0.2) is 5.78 Å². The average Bonchev–Trinajstić information content (AvgIpc) is 2.91. The van der Waals surface area contributed by atoms with Crippen LogP contribution in [0.2, 0.25) is 0 Å². The Morgan fingerprint density at radius 3 is 2.18 bits per heavy atom. The first-order chi connectivity index (χ1) is 18.1. The lowest BCUT2D eigenvalue weighted by Crippen LogP contribution is -2.50. The molecule has 1 aromatic rings. The Hall–Kier alpha value is -2.90. The van der Waals surface area contributed by atoms with E-state index >= 15 is 0 Å². The van der Waals surface area contributed by atoms with Crippen molar-refractivity contribution >= 4 is 23.5 Å². The largest absolute Gasteiger partial charge is 0.368 e. The van der Waals surface area contributed by atoms with Crippen LogP contribution in [-0.2, 0) is 28.9 Å². The van der Waals surface area contributed by atoms with E-state index in [0.717, 1.165) is 12.8 Å². The van der Waals surface area contributed by atoms with Crippen molar-refractivity contribution in [2.45, 2.75) is 90.1 Å². The van der Waals surface area contributed by atoms with Crippen molar-refractivity contribution in [1.82, 2.24) is 21.6 Å². The number of unbranched alkanes of at least 4 members (excludes halogenated alkanes) is 1. The number of nitrogens with one attached hydrogen (secondary N) is 4. The second-order valence-corrected chi connectivity index (χ2v) is 9.10. The number of primary amides is 1. The van der Waals surface area contributed by atoms with Crippen molar-refractivity contribution < 1.29 is 28.9 Å². The Bertz CT molecular complexity index is 871. The van der Waals surface area contributed by atoms with Crippen LogP contribution >= 0.6 is 0 Å². The summed E-state index contributed by atoms with van der Waals surface area (Å²) in [4.78, 5) is 60.0. The molecule has 12 heteroatoms. The number of nitrogens with two attached hydrogens (primary N) is 2. The Labute approximate surface area is 224 Å². The summed E-state index contributed by atoms with van der Waals surface area (Å²) in [5, 5.41) is 5.41. The van der Waals surface area contributed by atoms with Crippen LogP contribution in [0, 0.1) is 0 Å². The fraction of sp³-hybridized carbons (Fsp3) is 0.615. The van der Waals surface area contributed by atoms with Crippen LogP contribution in [0.25, 0.3) is 0 Å². The third kappa shape index (κ3) is 12.1. The van der Waals surface area contributed by atoms with Crippen molar-refractivity contribution in [2.75, 3.05) is 13.1 Å². The zero-order valence-electron chi connectivity index (χ0n) is 22.8. The van der Waals surface area contributed by atoms with Crippen molar-refractivity contribution in [3.8, 4) is 0 Å². The minimum atomic E-state index is -0.988. The van der Waals surface area contributed by atoms with Gasteiger partial charge in [-0.05, 0) is 32.3 Å². The molecule has 0 aliphatic rings. The molecule has 12 nitrogen and oxygen atoms in total. The zero-order chi connectivity index (χ0) is 28.5. The number of ketones is 1. The predicted octanol–water partition coefficient (Wildman–Crippen LogP) is 0.520. The number of hydrogen-bond acceptors (Lipinski definition) is 9. The number of carbonyl (C=O) groups excluding carboxylic acids is 4. The molecule has 0 fully saturated rings. The molecule has 0 heterocycles. The van der Waals surface area contributed by atoms with Gasteiger partial charge in [0.2, 0.25) is 17.7 Å². The second-order valence-electron chi connectivity index (χ2n) is 9.10. The van der Waals surface area contributed by atoms with Gasteiger partial charge in [-0.1, -0.05) is 63.4 Å². The highest BCUT2D eigenvalue weighted by atomic mass is 16.7. The van der Waals surface area contributed by atoms with Crippen LogP contribution < -0.4 is 33.1 Å². The topological polar surface area (TPSA) is 187 Å². The molecule has 0 aliphatic heterocycles. The van der Waals surface area contributed by atoms with Gasteiger partial charge < -0.3 is 22.1 Å². The Morgan fingerprint density at radius 1 is 0.921 bits per heavy atom. The van der Waals surface area contributed by atoms with Crippen LogP contribution in [0.5, 0.6) is 0 Å². The highest BCUT2D eigenvalue weighted by molar-refractivity contribution is 5.89. The molecule has 0 aromatic heterocycles. The van der Waals surface area contributed by atoms with E-state index in [9.17, 15) is 19.2 Å². The van der Waals surface area contributed by atoms with Gasteiger partial charge in [-0.2, -0.15) is 11.0 Å². The van der Waals surface area contributed by atoms with Gasteiger partial charge in [0, 0.05) is 0 Å². The molecule has 3 amide bonds. The molecule has 1 aromatic carbocycles. The molecule has 38 heavy (non-hydrogen) atoms. The highest BCUT2D eigenvalue weighted by Crippen LogP contribution is 2.12. The van der Waals surface area contributed by atoms with E-state index in [1.165, 1.54) is 0 Å². The molecule has 1 rings (SSSR count). The maximum absolute atomic E-state index is 13.0. The maximum Gasteiger partial charge on any atom is 0.244 e. The van der Waals surface area contributed by atoms with Crippen molar-refractivity contribution in [3.63, 3.8) is 0 Å². The lowest BCUT2D eigenvalue weighted by Gasteiger charge is -2.28. The number of hydroxylamine groups is 2. The summed E-state index contributed by atoms with van der Waals surface area (Å²) in [6.07, 6.45) is 2.46. The SMILES string of the molecule is CCCCC(NC(=O)CN)C(C)ONC(CCC)C(=O)C(C)ONCC(=O)N[C@H](C(N)=O)c1ccccc1. The maximum atomic E-state index is 13.0. The minimum absolute atomic E-state index is 0.116. The summed E-state index contributed by atoms with van der Waals surface area (Å²) in [6, 6.07) is 6.71. The quantitative estimate of drug-likeness (QED) is 0.129. The molecule has 0 spiro atoms. The number of Topliss-reactive ketones (excluding diaryl/α,β-unsaturated/α-hetero) is 1. The van der Waals surface area contributed by atoms with E-state index < -0.39 is 36.1 Å². The van der Waals surface area contributed by atoms with Crippen molar-refractivity contribution in [1.29, 1.82) is 0 Å². The third-order valence-electron chi connectivity index (χ3n) is 5.90. The van der Waals surface area contributed by atoms with Gasteiger partial charge in [-0.3, -0.25) is 28.9 Å². The first kappa shape index (κ1) is 33.1. The fourth-order valence-corrected chi connectivity index (χ4v) is 3.68. The lowest BCUT2D eigenvalue weighted by molar-refractivity contribution is -0.146. The second kappa shape index (κ2) is 18.4. The molecule has 0 bridgehead atoms. The molecule has 0 saturated heterocycles. The predicted molar refractivity (Wildman–Crippen MR) is 143 cm³/mol. The molecule has 0 saturated carbocycles. The van der Waals surface area contributed by atoms with Crippen LogP contribution in [0.1, 0.15) is 71.4 Å². The van der Waals surface area contributed by atoms with E-state index in [1.807, 2.05) is 13.8 Å². The van der Waals surface area contributed by atoms with Gasteiger partial charge in [-0.15, -0.1) is 0 Å². The summed E-state index contributed by atoms with van der Waals surface area (Å²) in [5.41, 5.74) is 16.7. The third-order valence-corrected chi connectivity index (χ3v) is 5.90. The molecule has 214 valence electrons. The highest BCUT2D eigenvalue weighted by Gasteiger charge is 2.27. The van der Waals surface area contributed by atoms with E-state index in [4.69, 9.17) is 21.1 Å². The van der Waals surface area contributed by atoms with Crippen molar-refractivity contribution in [2.24, 2.45) is 11.5 Å². The summed E-state index contributed by atoms with van der Waals surface area (Å²) in [6.45, 7) is 6.95. The summed E-state index contributed by atoms with van der Waals surface area (Å²) in [7, 11) is 0. The first-order valence-electron chi connectivity index (χ1n) is 13.1. The Morgan fingerprint density at radius 2 is 1.61 bits per heavy atom. The van der Waals surface area contributed by atoms with E-state index in [0.29, 0.717) is 24.8 Å². The standard InChI is InChI=1S/C26H44N6O6/c1-5-7-14-20(30-22(33)15-27)17(3)38-32-21(11-6-2)25(35)18(4)37-29-16-23(34)31-24(26(28)36)19-12-9-8-10-13-19/h8-10,12-13,17-18,20-21,24,29,32H,5-7,11,14-16,27H2,1-4H3,(H2,28,36)(H,30,33)(H,31,34)/t17?,18?,20?,21?,24-/m0/s1.